The minimum absolute atomic E-state index is 0.501. The average molecular weight is 274 g/mol. The van der Waals surface area contributed by atoms with Crippen LogP contribution in [0.15, 0.2) is 36.4 Å². The van der Waals surface area contributed by atoms with Gasteiger partial charge in [-0.05, 0) is 24.3 Å². The lowest BCUT2D eigenvalue weighted by Gasteiger charge is -2.09. The molecule has 0 aliphatic carbocycles. The standard InChI is InChI=1S/C15H12F2N2O/c1-20-15-9(3-2-4-12(15)18)14-6-8-5-10(16)11(17)7-13(8)19-14/h2-7,19H,18H2,1H3. The van der Waals surface area contributed by atoms with E-state index in [1.54, 1.807) is 18.2 Å². The number of anilines is 1. The van der Waals surface area contributed by atoms with Crippen molar-refractivity contribution < 1.29 is 13.5 Å². The summed E-state index contributed by atoms with van der Waals surface area (Å²) in [5.41, 5.74) is 8.30. The van der Waals surface area contributed by atoms with Crippen molar-refractivity contribution >= 4 is 16.6 Å². The second kappa shape index (κ2) is 4.52. The topological polar surface area (TPSA) is 51.0 Å². The molecule has 102 valence electrons. The van der Waals surface area contributed by atoms with E-state index in [9.17, 15) is 8.78 Å². The van der Waals surface area contributed by atoms with Crippen LogP contribution in [0.2, 0.25) is 0 Å². The molecular formula is C15H12F2N2O. The molecular weight excluding hydrogens is 262 g/mol. The van der Waals surface area contributed by atoms with Gasteiger partial charge in [0.05, 0.1) is 18.5 Å². The first-order valence-electron chi connectivity index (χ1n) is 6.01. The Balaban J connectivity index is 2.23. The number of H-pyrrole nitrogens is 1. The van der Waals surface area contributed by atoms with E-state index >= 15 is 0 Å². The molecule has 0 unspecified atom stereocenters. The van der Waals surface area contributed by atoms with Crippen molar-refractivity contribution in [2.45, 2.75) is 0 Å². The minimum Gasteiger partial charge on any atom is -0.494 e. The molecule has 0 saturated carbocycles. The molecule has 0 saturated heterocycles. The number of nitrogens with one attached hydrogen (secondary N) is 1. The van der Waals surface area contributed by atoms with Gasteiger partial charge in [0.1, 0.15) is 0 Å². The summed E-state index contributed by atoms with van der Waals surface area (Å²) >= 11 is 0. The number of para-hydroxylation sites is 1. The van der Waals surface area contributed by atoms with E-state index in [0.717, 1.165) is 17.7 Å². The number of rotatable bonds is 2. The van der Waals surface area contributed by atoms with Crippen LogP contribution in [0.3, 0.4) is 0 Å². The van der Waals surface area contributed by atoms with Crippen molar-refractivity contribution in [2.24, 2.45) is 0 Å². The minimum atomic E-state index is -0.884. The Kier molecular flexibility index (Phi) is 2.82. The Morgan fingerprint density at radius 1 is 1.10 bits per heavy atom. The molecule has 0 aliphatic rings. The van der Waals surface area contributed by atoms with Crippen LogP contribution in [0, 0.1) is 11.6 Å². The molecule has 0 aliphatic heterocycles. The number of hydrogen-bond acceptors (Lipinski definition) is 2. The lowest BCUT2D eigenvalue weighted by atomic mass is 10.1. The van der Waals surface area contributed by atoms with Crippen molar-refractivity contribution in [1.29, 1.82) is 0 Å². The van der Waals surface area contributed by atoms with E-state index in [1.165, 1.54) is 7.11 Å². The summed E-state index contributed by atoms with van der Waals surface area (Å²) in [5, 5.41) is 0.586. The zero-order valence-electron chi connectivity index (χ0n) is 10.7. The fourth-order valence-electron chi connectivity index (χ4n) is 2.27. The van der Waals surface area contributed by atoms with Crippen molar-refractivity contribution in [3.8, 4) is 17.0 Å². The Labute approximate surface area is 114 Å². The van der Waals surface area contributed by atoms with Gasteiger partial charge in [-0.1, -0.05) is 6.07 Å². The van der Waals surface area contributed by atoms with Crippen molar-refractivity contribution in [3.63, 3.8) is 0 Å². The number of aromatic amines is 1. The third-order valence-corrected chi connectivity index (χ3v) is 3.20. The molecule has 0 bridgehead atoms. The molecule has 0 amide bonds. The maximum Gasteiger partial charge on any atom is 0.160 e. The first-order chi connectivity index (χ1) is 9.60. The number of hydrogen-bond donors (Lipinski definition) is 2. The molecule has 3 N–H and O–H groups in total. The number of methoxy groups -OCH3 is 1. The molecule has 1 heterocycles. The van der Waals surface area contributed by atoms with Gasteiger partial charge >= 0.3 is 0 Å². The number of benzene rings is 2. The fraction of sp³-hybridized carbons (Fsp3) is 0.0667. The predicted octanol–water partition coefficient (Wildman–Crippen LogP) is 3.70. The Morgan fingerprint density at radius 2 is 1.85 bits per heavy atom. The largest absolute Gasteiger partial charge is 0.494 e. The lowest BCUT2D eigenvalue weighted by Crippen LogP contribution is -1.94. The van der Waals surface area contributed by atoms with Gasteiger partial charge in [0.15, 0.2) is 17.4 Å². The van der Waals surface area contributed by atoms with Crippen LogP contribution in [-0.4, -0.2) is 12.1 Å². The molecule has 0 atom stereocenters. The fourth-order valence-corrected chi connectivity index (χ4v) is 2.27. The molecule has 1 aromatic heterocycles. The van der Waals surface area contributed by atoms with Gasteiger partial charge < -0.3 is 15.5 Å². The summed E-state index contributed by atoms with van der Waals surface area (Å²) in [6.45, 7) is 0. The number of aromatic nitrogens is 1. The normalized spacial score (nSPS) is 10.9. The second-order valence-electron chi connectivity index (χ2n) is 4.46. The summed E-state index contributed by atoms with van der Waals surface area (Å²) in [7, 11) is 1.52. The number of fused-ring (bicyclic) bond motifs is 1. The Bertz CT molecular complexity index is 757. The summed E-state index contributed by atoms with van der Waals surface area (Å²) in [4.78, 5) is 3.04. The highest BCUT2D eigenvalue weighted by molar-refractivity contribution is 5.88. The summed E-state index contributed by atoms with van der Waals surface area (Å²) < 4.78 is 31.7. The number of nitrogen functional groups attached to an aromatic ring is 1. The SMILES string of the molecule is COc1c(N)cccc1-c1cc2cc(F)c(F)cc2[nH]1. The van der Waals surface area contributed by atoms with Crippen molar-refractivity contribution in [2.75, 3.05) is 12.8 Å². The van der Waals surface area contributed by atoms with Crippen molar-refractivity contribution in [1.82, 2.24) is 4.98 Å². The van der Waals surface area contributed by atoms with Crippen LogP contribution in [0.5, 0.6) is 5.75 Å². The predicted molar refractivity (Wildman–Crippen MR) is 74.6 cm³/mol. The molecule has 5 heteroatoms. The first-order valence-corrected chi connectivity index (χ1v) is 6.01. The van der Waals surface area contributed by atoms with E-state index in [-0.39, 0.29) is 0 Å². The molecule has 0 radical (unpaired) electrons. The van der Waals surface area contributed by atoms with E-state index in [2.05, 4.69) is 4.98 Å². The zero-order valence-corrected chi connectivity index (χ0v) is 10.7. The van der Waals surface area contributed by atoms with Gasteiger partial charge in [-0.2, -0.15) is 0 Å². The zero-order chi connectivity index (χ0) is 14.3. The van der Waals surface area contributed by atoms with Crippen molar-refractivity contribution in [3.05, 3.63) is 48.0 Å². The van der Waals surface area contributed by atoms with Gasteiger partial charge in [-0.3, -0.25) is 0 Å². The highest BCUT2D eigenvalue weighted by atomic mass is 19.2. The first kappa shape index (κ1) is 12.5. The molecule has 3 rings (SSSR count). The third kappa shape index (κ3) is 1.87. The highest BCUT2D eigenvalue weighted by Gasteiger charge is 2.13. The highest BCUT2D eigenvalue weighted by Crippen LogP contribution is 2.35. The van der Waals surface area contributed by atoms with Gasteiger partial charge in [0.2, 0.25) is 0 Å². The maximum atomic E-state index is 13.2. The third-order valence-electron chi connectivity index (χ3n) is 3.20. The van der Waals surface area contributed by atoms with Crippen LogP contribution in [0.4, 0.5) is 14.5 Å². The quantitative estimate of drug-likeness (QED) is 0.700. The van der Waals surface area contributed by atoms with E-state index in [4.69, 9.17) is 10.5 Å². The summed E-state index contributed by atoms with van der Waals surface area (Å²) in [6.07, 6.45) is 0. The molecule has 3 nitrogen and oxygen atoms in total. The van der Waals surface area contributed by atoms with Crippen LogP contribution < -0.4 is 10.5 Å². The van der Waals surface area contributed by atoms with E-state index in [1.807, 2.05) is 6.07 Å². The maximum absolute atomic E-state index is 13.2. The van der Waals surface area contributed by atoms with Crippen LogP contribution >= 0.6 is 0 Å². The molecule has 3 aromatic rings. The monoisotopic (exact) mass is 274 g/mol. The lowest BCUT2D eigenvalue weighted by molar-refractivity contribution is 0.418. The van der Waals surface area contributed by atoms with Gasteiger partial charge in [0, 0.05) is 22.5 Å². The van der Waals surface area contributed by atoms with E-state index < -0.39 is 11.6 Å². The number of nitrogens with two attached hydrogens (primary N) is 1. The molecule has 20 heavy (non-hydrogen) atoms. The van der Waals surface area contributed by atoms with Gasteiger partial charge in [-0.25, -0.2) is 8.78 Å². The van der Waals surface area contributed by atoms with Gasteiger partial charge in [-0.15, -0.1) is 0 Å². The molecule has 2 aromatic carbocycles. The Morgan fingerprint density at radius 3 is 2.60 bits per heavy atom. The average Bonchev–Trinajstić information content (AvgIpc) is 2.81. The summed E-state index contributed by atoms with van der Waals surface area (Å²) in [5.74, 6) is -1.23. The van der Waals surface area contributed by atoms with E-state index in [0.29, 0.717) is 28.0 Å². The smallest absolute Gasteiger partial charge is 0.160 e. The Hall–Kier alpha value is -2.56. The molecule has 0 fully saturated rings. The van der Waals surface area contributed by atoms with Crippen LogP contribution in [0.1, 0.15) is 0 Å². The molecule has 0 spiro atoms. The van der Waals surface area contributed by atoms with Crippen LogP contribution in [-0.2, 0) is 0 Å². The number of halogens is 2. The van der Waals surface area contributed by atoms with Crippen LogP contribution in [0.25, 0.3) is 22.2 Å². The van der Waals surface area contributed by atoms with Gasteiger partial charge in [0.25, 0.3) is 0 Å². The second-order valence-corrected chi connectivity index (χ2v) is 4.46. The summed E-state index contributed by atoms with van der Waals surface area (Å²) in [6, 6.07) is 9.36. The number of ether oxygens (including phenoxy) is 1.